The quantitative estimate of drug-likeness (QED) is 0.296. The number of hydrogen-bond donors (Lipinski definition) is 1. The van der Waals surface area contributed by atoms with Crippen molar-refractivity contribution in [2.75, 3.05) is 12.3 Å². The molecule has 4 rings (SSSR count). The lowest BCUT2D eigenvalue weighted by atomic mass is 10.3. The number of para-hydroxylation sites is 2. The van der Waals surface area contributed by atoms with Gasteiger partial charge in [-0.2, -0.15) is 0 Å². The Kier molecular flexibility index (Phi) is 6.83. The van der Waals surface area contributed by atoms with E-state index in [2.05, 4.69) is 33.1 Å². The first-order valence-corrected chi connectivity index (χ1v) is 12.0. The maximum atomic E-state index is 12.0. The number of thiazole rings is 1. The van der Waals surface area contributed by atoms with Crippen molar-refractivity contribution >= 4 is 51.0 Å². The summed E-state index contributed by atoms with van der Waals surface area (Å²) in [5, 5.41) is 12.2. The minimum atomic E-state index is -0.0621. The van der Waals surface area contributed by atoms with E-state index in [0.29, 0.717) is 17.5 Å². The summed E-state index contributed by atoms with van der Waals surface area (Å²) in [6.07, 6.45) is 1.66. The number of carbonyl (C=O) groups excluding carboxylic acids is 1. The number of carbonyl (C=O) groups is 1. The third kappa shape index (κ3) is 4.92. The summed E-state index contributed by atoms with van der Waals surface area (Å²) < 4.78 is 4.18. The highest BCUT2D eigenvalue weighted by atomic mass is 32.2. The Labute approximate surface area is 186 Å². The molecule has 152 valence electrons. The molecule has 0 aliphatic heterocycles. The molecule has 0 aliphatic rings. The second-order valence-corrected chi connectivity index (χ2v) is 9.38. The Hall–Kier alpha value is -2.62. The van der Waals surface area contributed by atoms with Crippen LogP contribution in [-0.2, 0) is 10.5 Å². The Balaban J connectivity index is 1.53. The number of aromatic nitrogens is 4. The zero-order valence-corrected chi connectivity index (χ0v) is 18.5. The summed E-state index contributed by atoms with van der Waals surface area (Å²) in [4.78, 5) is 16.7. The van der Waals surface area contributed by atoms with Crippen molar-refractivity contribution in [3.8, 4) is 5.69 Å². The van der Waals surface area contributed by atoms with Gasteiger partial charge in [0.1, 0.15) is 5.82 Å². The normalized spacial score (nSPS) is 10.9. The Morgan fingerprint density at radius 3 is 2.70 bits per heavy atom. The first-order chi connectivity index (χ1) is 14.7. The molecular formula is C21H19N5OS3. The van der Waals surface area contributed by atoms with E-state index in [1.54, 1.807) is 29.2 Å². The molecule has 0 saturated heterocycles. The molecule has 2 aromatic heterocycles. The van der Waals surface area contributed by atoms with Gasteiger partial charge in [-0.25, -0.2) is 4.98 Å². The Bertz CT molecular complexity index is 1120. The van der Waals surface area contributed by atoms with Crippen molar-refractivity contribution in [3.05, 3.63) is 73.1 Å². The fourth-order valence-corrected chi connectivity index (χ4v) is 5.51. The van der Waals surface area contributed by atoms with Gasteiger partial charge in [0.15, 0.2) is 9.50 Å². The second-order valence-electron chi connectivity index (χ2n) is 6.19. The fraction of sp³-hybridized carbons (Fsp3) is 0.143. The van der Waals surface area contributed by atoms with E-state index in [4.69, 9.17) is 0 Å². The van der Waals surface area contributed by atoms with Crippen LogP contribution < -0.4 is 5.32 Å². The number of benzene rings is 2. The molecule has 30 heavy (non-hydrogen) atoms. The van der Waals surface area contributed by atoms with E-state index in [1.165, 1.54) is 16.5 Å². The van der Waals surface area contributed by atoms with Crippen LogP contribution in [-0.4, -0.2) is 38.0 Å². The predicted octanol–water partition coefficient (Wildman–Crippen LogP) is 4.56. The van der Waals surface area contributed by atoms with Gasteiger partial charge in [0.2, 0.25) is 5.91 Å². The van der Waals surface area contributed by atoms with Crippen molar-refractivity contribution in [3.63, 3.8) is 0 Å². The number of hydrogen-bond acceptors (Lipinski definition) is 7. The maximum absolute atomic E-state index is 12.0. The fourth-order valence-electron chi connectivity index (χ4n) is 2.73. The van der Waals surface area contributed by atoms with Gasteiger partial charge in [-0.15, -0.1) is 28.1 Å². The van der Waals surface area contributed by atoms with Crippen LogP contribution in [0, 0.1) is 0 Å². The van der Waals surface area contributed by atoms with Crippen LogP contribution in [0.3, 0.4) is 0 Å². The van der Waals surface area contributed by atoms with Crippen LogP contribution >= 0.6 is 34.9 Å². The van der Waals surface area contributed by atoms with Crippen LogP contribution in [0.4, 0.5) is 0 Å². The van der Waals surface area contributed by atoms with Crippen molar-refractivity contribution in [2.24, 2.45) is 0 Å². The molecule has 0 fully saturated rings. The SMILES string of the molecule is C=CCNC(=O)CSc1nnc(CSc2nc3ccccc3s2)n1-c1ccccc1. The van der Waals surface area contributed by atoms with Crippen LogP contribution in [0.1, 0.15) is 5.82 Å². The number of thioether (sulfide) groups is 2. The number of amides is 1. The van der Waals surface area contributed by atoms with Gasteiger partial charge >= 0.3 is 0 Å². The first-order valence-electron chi connectivity index (χ1n) is 9.23. The summed E-state index contributed by atoms with van der Waals surface area (Å²) >= 11 is 4.68. The van der Waals surface area contributed by atoms with Gasteiger partial charge in [0.05, 0.1) is 21.7 Å². The molecule has 0 bridgehead atoms. The Morgan fingerprint density at radius 2 is 1.90 bits per heavy atom. The zero-order valence-electron chi connectivity index (χ0n) is 16.0. The molecule has 0 aliphatic carbocycles. The Morgan fingerprint density at radius 1 is 1.10 bits per heavy atom. The molecule has 0 spiro atoms. The van der Waals surface area contributed by atoms with E-state index in [0.717, 1.165) is 21.4 Å². The first kappa shape index (κ1) is 20.6. The number of rotatable bonds is 9. The molecular weight excluding hydrogens is 434 g/mol. The summed E-state index contributed by atoms with van der Waals surface area (Å²) in [5.74, 6) is 1.65. The number of nitrogens with zero attached hydrogens (tertiary/aromatic N) is 4. The van der Waals surface area contributed by atoms with Crippen LogP contribution in [0.2, 0.25) is 0 Å². The molecule has 2 heterocycles. The standard InChI is InChI=1S/C21H19N5OS3/c1-2-12-22-19(27)14-28-20-25-24-18(26(20)15-8-4-3-5-9-15)13-29-21-23-16-10-6-7-11-17(16)30-21/h2-11H,1,12-14H2,(H,22,27). The molecule has 0 radical (unpaired) electrons. The summed E-state index contributed by atoms with van der Waals surface area (Å²) in [6.45, 7) is 4.07. The molecule has 2 aromatic carbocycles. The highest BCUT2D eigenvalue weighted by Crippen LogP contribution is 2.32. The van der Waals surface area contributed by atoms with Gasteiger partial charge in [0, 0.05) is 12.2 Å². The molecule has 1 amide bonds. The van der Waals surface area contributed by atoms with Crippen molar-refractivity contribution in [1.29, 1.82) is 0 Å². The average molecular weight is 454 g/mol. The van der Waals surface area contributed by atoms with Crippen LogP contribution in [0.15, 0.2) is 76.7 Å². The van der Waals surface area contributed by atoms with E-state index >= 15 is 0 Å². The summed E-state index contributed by atoms with van der Waals surface area (Å²) in [5.41, 5.74) is 1.98. The van der Waals surface area contributed by atoms with Gasteiger partial charge in [-0.1, -0.05) is 59.9 Å². The minimum absolute atomic E-state index is 0.0621. The highest BCUT2D eigenvalue weighted by molar-refractivity contribution is 8.00. The van der Waals surface area contributed by atoms with E-state index in [9.17, 15) is 4.79 Å². The molecule has 9 heteroatoms. The third-order valence-corrected chi connectivity index (χ3v) is 7.19. The monoisotopic (exact) mass is 453 g/mol. The van der Waals surface area contributed by atoms with Gasteiger partial charge in [-0.05, 0) is 24.3 Å². The van der Waals surface area contributed by atoms with E-state index in [-0.39, 0.29) is 11.7 Å². The molecule has 0 saturated carbocycles. The molecule has 4 aromatic rings. The smallest absolute Gasteiger partial charge is 0.230 e. The van der Waals surface area contributed by atoms with Crippen LogP contribution in [0.5, 0.6) is 0 Å². The molecule has 6 nitrogen and oxygen atoms in total. The van der Waals surface area contributed by atoms with Crippen LogP contribution in [0.25, 0.3) is 15.9 Å². The lowest BCUT2D eigenvalue weighted by Crippen LogP contribution is -2.25. The van der Waals surface area contributed by atoms with Crippen molar-refractivity contribution in [2.45, 2.75) is 15.2 Å². The molecule has 1 N–H and O–H groups in total. The lowest BCUT2D eigenvalue weighted by molar-refractivity contribution is -0.118. The predicted molar refractivity (Wildman–Crippen MR) is 124 cm³/mol. The molecule has 0 atom stereocenters. The average Bonchev–Trinajstić information content (AvgIpc) is 3.38. The van der Waals surface area contributed by atoms with Gasteiger partial charge in [0.25, 0.3) is 0 Å². The lowest BCUT2D eigenvalue weighted by Gasteiger charge is -2.09. The second kappa shape index (κ2) is 9.92. The van der Waals surface area contributed by atoms with E-state index < -0.39 is 0 Å². The van der Waals surface area contributed by atoms with Crippen molar-refractivity contribution in [1.82, 2.24) is 25.1 Å². The van der Waals surface area contributed by atoms with Gasteiger partial charge in [-0.3, -0.25) is 9.36 Å². The number of nitrogens with one attached hydrogen (secondary N) is 1. The summed E-state index contributed by atoms with van der Waals surface area (Å²) in [7, 11) is 0. The summed E-state index contributed by atoms with van der Waals surface area (Å²) in [6, 6.07) is 18.1. The maximum Gasteiger partial charge on any atom is 0.230 e. The van der Waals surface area contributed by atoms with Crippen molar-refractivity contribution < 1.29 is 4.79 Å². The van der Waals surface area contributed by atoms with Gasteiger partial charge < -0.3 is 5.32 Å². The van der Waals surface area contributed by atoms with E-state index in [1.807, 2.05) is 53.1 Å². The number of fused-ring (bicyclic) bond motifs is 1. The topological polar surface area (TPSA) is 72.7 Å². The molecule has 0 unspecified atom stereocenters. The largest absolute Gasteiger partial charge is 0.352 e. The third-order valence-electron chi connectivity index (χ3n) is 4.09. The minimum Gasteiger partial charge on any atom is -0.352 e. The zero-order chi connectivity index (χ0) is 20.8. The highest BCUT2D eigenvalue weighted by Gasteiger charge is 2.16.